The van der Waals surface area contributed by atoms with E-state index in [1.54, 1.807) is 0 Å². The molecule has 3 aromatic rings. The molecule has 0 saturated carbocycles. The van der Waals surface area contributed by atoms with Gasteiger partial charge in [0.25, 0.3) is 0 Å². The molecule has 130 valence electrons. The minimum absolute atomic E-state index is 0.754. The zero-order valence-corrected chi connectivity index (χ0v) is 15.3. The van der Waals surface area contributed by atoms with Gasteiger partial charge in [0, 0.05) is 13.1 Å². The first kappa shape index (κ1) is 16.3. The molecule has 0 spiro atoms. The van der Waals surface area contributed by atoms with Gasteiger partial charge in [-0.25, -0.2) is 4.98 Å². The first-order chi connectivity index (χ1) is 12.2. The highest BCUT2D eigenvalue weighted by Gasteiger charge is 2.21. The second-order valence-electron chi connectivity index (χ2n) is 7.40. The molecule has 0 radical (unpaired) electrons. The van der Waals surface area contributed by atoms with Gasteiger partial charge in [0.15, 0.2) is 0 Å². The Morgan fingerprint density at radius 3 is 2.48 bits per heavy atom. The normalized spacial score (nSPS) is 16.6. The van der Waals surface area contributed by atoms with Crippen molar-refractivity contribution in [3.63, 3.8) is 0 Å². The molecule has 2 aromatic carbocycles. The van der Waals surface area contributed by atoms with Gasteiger partial charge in [0.2, 0.25) is 0 Å². The molecule has 0 unspecified atom stereocenters. The Balaban J connectivity index is 1.39. The molecule has 3 nitrogen and oxygen atoms in total. The zero-order valence-electron chi connectivity index (χ0n) is 15.3. The molecule has 0 N–H and O–H groups in total. The summed E-state index contributed by atoms with van der Waals surface area (Å²) in [6.07, 6.45) is 2.55. The fraction of sp³-hybridized carbons (Fsp3) is 0.409. The summed E-state index contributed by atoms with van der Waals surface area (Å²) in [6.45, 7) is 8.94. The number of imidazole rings is 1. The van der Waals surface area contributed by atoms with Gasteiger partial charge < -0.3 is 4.57 Å². The van der Waals surface area contributed by atoms with E-state index in [4.69, 9.17) is 4.98 Å². The van der Waals surface area contributed by atoms with Crippen LogP contribution in [-0.4, -0.2) is 27.5 Å². The molecule has 4 rings (SSSR count). The lowest BCUT2D eigenvalue weighted by atomic mass is 9.96. The van der Waals surface area contributed by atoms with E-state index in [0.29, 0.717) is 0 Å². The fourth-order valence-electron chi connectivity index (χ4n) is 4.04. The smallest absolute Gasteiger partial charge is 0.106 e. The number of benzene rings is 2. The van der Waals surface area contributed by atoms with Gasteiger partial charge in [-0.05, 0) is 69.0 Å². The van der Waals surface area contributed by atoms with Crippen LogP contribution < -0.4 is 0 Å². The SMILES string of the molecule is Cc1ccccc1CN1CCC(Cn2c(C)nc3ccccc32)CC1. The first-order valence-electron chi connectivity index (χ1n) is 9.39. The second-order valence-corrected chi connectivity index (χ2v) is 7.40. The van der Waals surface area contributed by atoms with Crippen LogP contribution in [0, 0.1) is 19.8 Å². The van der Waals surface area contributed by atoms with Crippen LogP contribution in [0.25, 0.3) is 11.0 Å². The van der Waals surface area contributed by atoms with E-state index >= 15 is 0 Å². The third-order valence-corrected chi connectivity index (χ3v) is 5.65. The number of piperidine rings is 1. The molecule has 0 amide bonds. The molecule has 0 bridgehead atoms. The number of nitrogens with zero attached hydrogens (tertiary/aromatic N) is 3. The van der Waals surface area contributed by atoms with Gasteiger partial charge >= 0.3 is 0 Å². The Bertz CT molecular complexity index is 857. The van der Waals surface area contributed by atoms with Gasteiger partial charge in [-0.1, -0.05) is 36.4 Å². The Morgan fingerprint density at radius 1 is 0.960 bits per heavy atom. The van der Waals surface area contributed by atoms with Crippen molar-refractivity contribution in [3.8, 4) is 0 Å². The Morgan fingerprint density at radius 2 is 1.68 bits per heavy atom. The lowest BCUT2D eigenvalue weighted by Crippen LogP contribution is -2.34. The number of fused-ring (bicyclic) bond motifs is 1. The van der Waals surface area contributed by atoms with Crippen LogP contribution in [-0.2, 0) is 13.1 Å². The van der Waals surface area contributed by atoms with Crippen LogP contribution in [0.1, 0.15) is 29.8 Å². The van der Waals surface area contributed by atoms with Crippen molar-refractivity contribution in [1.29, 1.82) is 0 Å². The Hall–Kier alpha value is -2.13. The van der Waals surface area contributed by atoms with Crippen LogP contribution in [0.15, 0.2) is 48.5 Å². The van der Waals surface area contributed by atoms with E-state index < -0.39 is 0 Å². The van der Waals surface area contributed by atoms with Gasteiger partial charge in [-0.3, -0.25) is 4.90 Å². The minimum Gasteiger partial charge on any atom is -0.328 e. The second kappa shape index (κ2) is 7.01. The topological polar surface area (TPSA) is 21.1 Å². The maximum atomic E-state index is 4.71. The quantitative estimate of drug-likeness (QED) is 0.697. The summed E-state index contributed by atoms with van der Waals surface area (Å²) in [5, 5.41) is 0. The minimum atomic E-state index is 0.754. The number of likely N-dealkylation sites (tertiary alicyclic amines) is 1. The van der Waals surface area contributed by atoms with E-state index in [9.17, 15) is 0 Å². The molecule has 0 atom stereocenters. The molecule has 1 saturated heterocycles. The number of rotatable bonds is 4. The third kappa shape index (κ3) is 3.47. The predicted octanol–water partition coefficient (Wildman–Crippen LogP) is 4.57. The number of hydrogen-bond acceptors (Lipinski definition) is 2. The van der Waals surface area contributed by atoms with Gasteiger partial charge in [-0.2, -0.15) is 0 Å². The van der Waals surface area contributed by atoms with Crippen LogP contribution in [0.5, 0.6) is 0 Å². The molecule has 1 aliphatic heterocycles. The predicted molar refractivity (Wildman–Crippen MR) is 104 cm³/mol. The summed E-state index contributed by atoms with van der Waals surface area (Å²) < 4.78 is 2.41. The average Bonchev–Trinajstić information content (AvgIpc) is 2.94. The summed E-state index contributed by atoms with van der Waals surface area (Å²) in [4.78, 5) is 7.32. The molecular weight excluding hydrogens is 306 g/mol. The van der Waals surface area contributed by atoms with Gasteiger partial charge in [-0.15, -0.1) is 0 Å². The molecule has 0 aliphatic carbocycles. The monoisotopic (exact) mass is 333 g/mol. The molecule has 2 heterocycles. The summed E-state index contributed by atoms with van der Waals surface area (Å²) in [5.74, 6) is 1.90. The van der Waals surface area contributed by atoms with Gasteiger partial charge in [0.05, 0.1) is 11.0 Å². The van der Waals surface area contributed by atoms with Crippen LogP contribution >= 0.6 is 0 Å². The molecule has 3 heteroatoms. The molecular formula is C22H27N3. The molecule has 25 heavy (non-hydrogen) atoms. The fourth-order valence-corrected chi connectivity index (χ4v) is 4.04. The Kier molecular flexibility index (Phi) is 4.58. The average molecular weight is 333 g/mol. The van der Waals surface area contributed by atoms with E-state index in [-0.39, 0.29) is 0 Å². The molecule has 1 aromatic heterocycles. The highest BCUT2D eigenvalue weighted by Crippen LogP contribution is 2.24. The summed E-state index contributed by atoms with van der Waals surface area (Å²) in [7, 11) is 0. The molecule has 1 fully saturated rings. The first-order valence-corrected chi connectivity index (χ1v) is 9.39. The van der Waals surface area contributed by atoms with Crippen molar-refractivity contribution in [1.82, 2.24) is 14.5 Å². The highest BCUT2D eigenvalue weighted by molar-refractivity contribution is 5.75. The number of hydrogen-bond donors (Lipinski definition) is 0. The lowest BCUT2D eigenvalue weighted by molar-refractivity contribution is 0.167. The van der Waals surface area contributed by atoms with E-state index in [0.717, 1.165) is 30.3 Å². The largest absolute Gasteiger partial charge is 0.328 e. The third-order valence-electron chi connectivity index (χ3n) is 5.65. The number of para-hydroxylation sites is 2. The lowest BCUT2D eigenvalue weighted by Gasteiger charge is -2.32. The summed E-state index contributed by atoms with van der Waals surface area (Å²) in [5.41, 5.74) is 5.28. The van der Waals surface area contributed by atoms with Crippen molar-refractivity contribution in [3.05, 3.63) is 65.5 Å². The Labute approximate surface area is 150 Å². The standard InChI is InChI=1S/C22H27N3/c1-17-7-3-4-8-20(17)16-24-13-11-19(12-14-24)15-25-18(2)23-21-9-5-6-10-22(21)25/h3-10,19H,11-16H2,1-2H3. The summed E-state index contributed by atoms with van der Waals surface area (Å²) in [6, 6.07) is 17.3. The van der Waals surface area contributed by atoms with Crippen LogP contribution in [0.3, 0.4) is 0 Å². The van der Waals surface area contributed by atoms with E-state index in [1.165, 1.54) is 42.6 Å². The van der Waals surface area contributed by atoms with Crippen LogP contribution in [0.2, 0.25) is 0 Å². The van der Waals surface area contributed by atoms with Crippen molar-refractivity contribution in [2.75, 3.05) is 13.1 Å². The number of aryl methyl sites for hydroxylation is 2. The van der Waals surface area contributed by atoms with Crippen molar-refractivity contribution < 1.29 is 0 Å². The maximum Gasteiger partial charge on any atom is 0.106 e. The van der Waals surface area contributed by atoms with Crippen molar-refractivity contribution in [2.45, 2.75) is 39.8 Å². The zero-order chi connectivity index (χ0) is 17.2. The van der Waals surface area contributed by atoms with Crippen molar-refractivity contribution >= 4 is 11.0 Å². The van der Waals surface area contributed by atoms with E-state index in [1.807, 2.05) is 0 Å². The maximum absolute atomic E-state index is 4.71. The highest BCUT2D eigenvalue weighted by atomic mass is 15.1. The van der Waals surface area contributed by atoms with Gasteiger partial charge in [0.1, 0.15) is 5.82 Å². The molecule has 1 aliphatic rings. The van der Waals surface area contributed by atoms with Crippen LogP contribution in [0.4, 0.5) is 0 Å². The van der Waals surface area contributed by atoms with Crippen molar-refractivity contribution in [2.24, 2.45) is 5.92 Å². The summed E-state index contributed by atoms with van der Waals surface area (Å²) >= 11 is 0. The van der Waals surface area contributed by atoms with E-state index in [2.05, 4.69) is 71.8 Å². The number of aromatic nitrogens is 2.